The van der Waals surface area contributed by atoms with Crippen molar-refractivity contribution in [1.82, 2.24) is 19.9 Å². The third-order valence-corrected chi connectivity index (χ3v) is 5.51. The molecule has 2 aromatic heterocycles. The van der Waals surface area contributed by atoms with Gasteiger partial charge < -0.3 is 14.5 Å². The molecule has 1 aromatic carbocycles. The molecule has 0 amide bonds. The Labute approximate surface area is 168 Å². The van der Waals surface area contributed by atoms with Crippen LogP contribution in [0.3, 0.4) is 0 Å². The summed E-state index contributed by atoms with van der Waals surface area (Å²) >= 11 is 1.71. The van der Waals surface area contributed by atoms with E-state index in [1.54, 1.807) is 31.1 Å². The lowest BCUT2D eigenvalue weighted by molar-refractivity contribution is 0.396. The second-order valence-electron chi connectivity index (χ2n) is 6.36. The fraction of sp³-hybridized carbons (Fsp3) is 0.300. The van der Waals surface area contributed by atoms with Crippen LogP contribution in [0.2, 0.25) is 0 Å². The number of hydrogen-bond donors (Lipinski definition) is 0. The molecule has 1 aliphatic rings. The van der Waals surface area contributed by atoms with E-state index in [1.807, 2.05) is 18.5 Å². The number of piperazine rings is 1. The van der Waals surface area contributed by atoms with Gasteiger partial charge in [0.25, 0.3) is 0 Å². The lowest BCUT2D eigenvalue weighted by Crippen LogP contribution is -2.47. The van der Waals surface area contributed by atoms with Crippen LogP contribution in [0.15, 0.2) is 60.0 Å². The van der Waals surface area contributed by atoms with E-state index in [2.05, 4.69) is 49.0 Å². The Bertz CT molecular complexity index is 902. The summed E-state index contributed by atoms with van der Waals surface area (Å²) in [6.07, 6.45) is 5.40. The molecule has 0 aliphatic carbocycles. The molecule has 0 spiro atoms. The maximum atomic E-state index is 5.20. The predicted octanol–water partition coefficient (Wildman–Crippen LogP) is 2.89. The van der Waals surface area contributed by atoms with Crippen molar-refractivity contribution in [3.05, 3.63) is 60.6 Å². The molecule has 0 unspecified atom stereocenters. The van der Waals surface area contributed by atoms with E-state index in [1.165, 1.54) is 5.56 Å². The van der Waals surface area contributed by atoms with Gasteiger partial charge in [0.2, 0.25) is 11.8 Å². The van der Waals surface area contributed by atoms with Gasteiger partial charge in [-0.15, -0.1) is 11.8 Å². The topological polar surface area (TPSA) is 67.3 Å². The van der Waals surface area contributed by atoms with Gasteiger partial charge in [-0.2, -0.15) is 4.98 Å². The number of benzene rings is 1. The van der Waals surface area contributed by atoms with Crippen molar-refractivity contribution in [3.63, 3.8) is 0 Å². The van der Waals surface area contributed by atoms with E-state index in [9.17, 15) is 0 Å². The van der Waals surface area contributed by atoms with Gasteiger partial charge >= 0.3 is 0 Å². The van der Waals surface area contributed by atoms with Gasteiger partial charge in [0.05, 0.1) is 19.5 Å². The average Bonchev–Trinajstić information content (AvgIpc) is 2.79. The molecule has 0 radical (unpaired) electrons. The van der Waals surface area contributed by atoms with E-state index in [-0.39, 0.29) is 0 Å². The molecular formula is C20H22N6OS. The molecule has 1 saturated heterocycles. The number of thioether (sulfide) groups is 1. The molecule has 144 valence electrons. The van der Waals surface area contributed by atoms with E-state index in [4.69, 9.17) is 9.72 Å². The van der Waals surface area contributed by atoms with Gasteiger partial charge in [-0.1, -0.05) is 30.3 Å². The van der Waals surface area contributed by atoms with Crippen molar-refractivity contribution in [2.75, 3.05) is 43.1 Å². The first-order valence-corrected chi connectivity index (χ1v) is 10.2. The molecule has 3 heterocycles. The van der Waals surface area contributed by atoms with Gasteiger partial charge in [-0.25, -0.2) is 9.97 Å². The number of methoxy groups -OCH3 is 1. The maximum absolute atomic E-state index is 5.20. The minimum absolute atomic E-state index is 0.585. The highest BCUT2D eigenvalue weighted by atomic mass is 32.2. The smallest absolute Gasteiger partial charge is 0.228 e. The zero-order chi connectivity index (χ0) is 19.2. The van der Waals surface area contributed by atoms with Crippen LogP contribution in [0.25, 0.3) is 0 Å². The van der Waals surface area contributed by atoms with Crippen molar-refractivity contribution in [3.8, 4) is 5.88 Å². The van der Waals surface area contributed by atoms with Crippen LogP contribution in [0, 0.1) is 0 Å². The highest BCUT2D eigenvalue weighted by molar-refractivity contribution is 7.98. The number of rotatable bonds is 6. The Balaban J connectivity index is 1.36. The monoisotopic (exact) mass is 394 g/mol. The highest BCUT2D eigenvalue weighted by Gasteiger charge is 2.20. The summed E-state index contributed by atoms with van der Waals surface area (Å²) in [5, 5.41) is 0.944. The predicted molar refractivity (Wildman–Crippen MR) is 111 cm³/mol. The lowest BCUT2D eigenvalue weighted by Gasteiger charge is -2.35. The van der Waals surface area contributed by atoms with E-state index in [0.717, 1.165) is 42.8 Å². The normalized spacial score (nSPS) is 14.2. The summed E-state index contributed by atoms with van der Waals surface area (Å²) < 4.78 is 5.20. The minimum Gasteiger partial charge on any atom is -0.481 e. The van der Waals surface area contributed by atoms with Crippen LogP contribution >= 0.6 is 11.8 Å². The van der Waals surface area contributed by atoms with Crippen molar-refractivity contribution in [2.45, 2.75) is 10.8 Å². The Hall–Kier alpha value is -2.87. The lowest BCUT2D eigenvalue weighted by atomic mass is 10.2. The first-order chi connectivity index (χ1) is 13.8. The van der Waals surface area contributed by atoms with E-state index >= 15 is 0 Å². The number of ether oxygens (including phenoxy) is 1. The van der Waals surface area contributed by atoms with Crippen molar-refractivity contribution in [1.29, 1.82) is 0 Å². The van der Waals surface area contributed by atoms with Crippen LogP contribution in [-0.2, 0) is 5.75 Å². The summed E-state index contributed by atoms with van der Waals surface area (Å²) in [7, 11) is 1.62. The number of anilines is 2. The highest BCUT2D eigenvalue weighted by Crippen LogP contribution is 2.23. The zero-order valence-corrected chi connectivity index (χ0v) is 16.5. The third-order valence-electron chi connectivity index (χ3n) is 4.54. The van der Waals surface area contributed by atoms with Crippen LogP contribution in [0.5, 0.6) is 5.88 Å². The Morgan fingerprint density at radius 1 is 0.964 bits per heavy atom. The Kier molecular flexibility index (Phi) is 5.86. The average molecular weight is 395 g/mol. The molecule has 28 heavy (non-hydrogen) atoms. The van der Waals surface area contributed by atoms with Gasteiger partial charge in [-0.05, 0) is 5.56 Å². The fourth-order valence-electron chi connectivity index (χ4n) is 3.03. The Morgan fingerprint density at radius 2 is 1.75 bits per heavy atom. The molecule has 1 aliphatic heterocycles. The molecule has 4 rings (SSSR count). The maximum Gasteiger partial charge on any atom is 0.228 e. The second kappa shape index (κ2) is 8.88. The summed E-state index contributed by atoms with van der Waals surface area (Å²) in [5.41, 5.74) is 1.28. The standard InChI is InChI=1S/C20H22N6OS/c1-27-18-7-8-22-20(24-18)26-11-9-25(10-12-26)17-13-21-14-19(23-17)28-15-16-5-3-2-4-6-16/h2-8,13-14H,9-12,15H2,1H3. The largest absolute Gasteiger partial charge is 0.481 e. The number of nitrogens with zero attached hydrogens (tertiary/aromatic N) is 6. The van der Waals surface area contributed by atoms with Crippen LogP contribution in [-0.4, -0.2) is 53.2 Å². The van der Waals surface area contributed by atoms with Crippen LogP contribution < -0.4 is 14.5 Å². The van der Waals surface area contributed by atoms with E-state index in [0.29, 0.717) is 11.8 Å². The third kappa shape index (κ3) is 4.51. The Morgan fingerprint density at radius 3 is 2.54 bits per heavy atom. The number of hydrogen-bond acceptors (Lipinski definition) is 8. The summed E-state index contributed by atoms with van der Waals surface area (Å²) in [5.74, 6) is 3.10. The van der Waals surface area contributed by atoms with Crippen LogP contribution in [0.1, 0.15) is 5.56 Å². The van der Waals surface area contributed by atoms with Gasteiger partial charge in [-0.3, -0.25) is 4.98 Å². The first kappa shape index (κ1) is 18.5. The van der Waals surface area contributed by atoms with Crippen molar-refractivity contribution < 1.29 is 4.74 Å². The van der Waals surface area contributed by atoms with Crippen LogP contribution in [0.4, 0.5) is 11.8 Å². The van der Waals surface area contributed by atoms with E-state index < -0.39 is 0 Å². The minimum atomic E-state index is 0.585. The molecule has 1 fully saturated rings. The van der Waals surface area contributed by atoms with Crippen molar-refractivity contribution in [2.24, 2.45) is 0 Å². The summed E-state index contributed by atoms with van der Waals surface area (Å²) in [4.78, 5) is 22.4. The van der Waals surface area contributed by atoms with Gasteiger partial charge in [0.1, 0.15) is 10.8 Å². The fourth-order valence-corrected chi connectivity index (χ4v) is 3.83. The molecule has 3 aromatic rings. The summed E-state index contributed by atoms with van der Waals surface area (Å²) in [6, 6.07) is 12.2. The van der Waals surface area contributed by atoms with Gasteiger partial charge in [0, 0.05) is 44.2 Å². The second-order valence-corrected chi connectivity index (χ2v) is 7.36. The molecule has 0 N–H and O–H groups in total. The molecular weight excluding hydrogens is 372 g/mol. The quantitative estimate of drug-likeness (QED) is 0.591. The molecule has 0 saturated carbocycles. The number of aromatic nitrogens is 4. The molecule has 8 heteroatoms. The zero-order valence-electron chi connectivity index (χ0n) is 15.7. The first-order valence-electron chi connectivity index (χ1n) is 9.17. The van der Waals surface area contributed by atoms with Gasteiger partial charge in [0.15, 0.2) is 0 Å². The SMILES string of the molecule is COc1ccnc(N2CCN(c3cncc(SCc4ccccc4)n3)CC2)n1. The van der Waals surface area contributed by atoms with Crippen molar-refractivity contribution >= 4 is 23.5 Å². The molecule has 0 atom stereocenters. The molecule has 0 bridgehead atoms. The summed E-state index contributed by atoms with van der Waals surface area (Å²) in [6.45, 7) is 3.36. The molecule has 7 nitrogen and oxygen atoms in total.